The molecule has 0 aliphatic carbocycles. The van der Waals surface area contributed by atoms with E-state index in [2.05, 4.69) is 27.1 Å². The normalized spacial score (nSPS) is 20.0. The fraction of sp³-hybridized carbons (Fsp3) is 0.611. The molecule has 0 spiro atoms. The molecular weight excluding hydrogens is 318 g/mol. The molecule has 0 unspecified atom stereocenters. The lowest BCUT2D eigenvalue weighted by atomic mass is 10.2. The predicted octanol–water partition coefficient (Wildman–Crippen LogP) is 0.461. The van der Waals surface area contributed by atoms with Crippen molar-refractivity contribution in [2.24, 2.45) is 0 Å². The minimum Gasteiger partial charge on any atom is -0.354 e. The Balaban J connectivity index is 1.61. The third-order valence-electron chi connectivity index (χ3n) is 5.08. The van der Waals surface area contributed by atoms with E-state index in [1.165, 1.54) is 0 Å². The maximum atomic E-state index is 12.4. The van der Waals surface area contributed by atoms with Crippen molar-refractivity contribution in [2.75, 3.05) is 44.7 Å². The molecule has 0 aromatic carbocycles. The number of aromatic nitrogens is 1. The number of likely N-dealkylation sites (N-methyl/N-ethyl adjacent to an activating group) is 1. The average Bonchev–Trinajstić information content (AvgIpc) is 3.06. The van der Waals surface area contributed by atoms with Crippen LogP contribution in [0.4, 0.5) is 5.82 Å². The molecule has 0 saturated carbocycles. The molecule has 3 rings (SSSR count). The van der Waals surface area contributed by atoms with Crippen LogP contribution in [-0.2, 0) is 16.1 Å². The number of nitrogens with one attached hydrogen (secondary N) is 1. The van der Waals surface area contributed by atoms with Gasteiger partial charge in [0.15, 0.2) is 0 Å². The Morgan fingerprint density at radius 3 is 2.72 bits per heavy atom. The zero-order chi connectivity index (χ0) is 17.8. The summed E-state index contributed by atoms with van der Waals surface area (Å²) in [7, 11) is 2.12. The number of likely N-dealkylation sites (tertiary alicyclic amines) is 1. The van der Waals surface area contributed by atoms with E-state index in [1.807, 2.05) is 12.1 Å². The van der Waals surface area contributed by atoms with E-state index in [0.717, 1.165) is 44.0 Å². The molecule has 136 valence electrons. The quantitative estimate of drug-likeness (QED) is 0.840. The second-order valence-electron chi connectivity index (χ2n) is 6.86. The summed E-state index contributed by atoms with van der Waals surface area (Å²) < 4.78 is 0. The molecule has 7 heteroatoms. The van der Waals surface area contributed by atoms with Crippen LogP contribution < -0.4 is 10.2 Å². The van der Waals surface area contributed by atoms with E-state index in [1.54, 1.807) is 18.0 Å². The Labute approximate surface area is 149 Å². The van der Waals surface area contributed by atoms with Crippen LogP contribution in [0.15, 0.2) is 18.3 Å². The molecular formula is C18H27N5O2. The minimum atomic E-state index is -0.418. The van der Waals surface area contributed by atoms with E-state index in [4.69, 9.17) is 0 Å². The van der Waals surface area contributed by atoms with Crippen LogP contribution in [0.25, 0.3) is 0 Å². The first-order valence-electron chi connectivity index (χ1n) is 9.01. The number of anilines is 1. The Kier molecular flexibility index (Phi) is 5.53. The standard InChI is InChI=1S/C18H27N5O2/c1-14(23-8-4-6-16(23)24)18(25)20-13-15-5-3-7-19-17(15)22-11-9-21(2)10-12-22/h3,5,7,14H,4,6,8-13H2,1-2H3,(H,20,25)/t14-/m0/s1. The van der Waals surface area contributed by atoms with Crippen LogP contribution in [0, 0.1) is 0 Å². The molecule has 0 radical (unpaired) electrons. The summed E-state index contributed by atoms with van der Waals surface area (Å²) in [6.07, 6.45) is 3.19. The van der Waals surface area contributed by atoms with Gasteiger partial charge in [0.25, 0.3) is 0 Å². The van der Waals surface area contributed by atoms with Crippen molar-refractivity contribution in [3.63, 3.8) is 0 Å². The van der Waals surface area contributed by atoms with Crippen molar-refractivity contribution in [3.05, 3.63) is 23.9 Å². The van der Waals surface area contributed by atoms with Gasteiger partial charge in [-0.3, -0.25) is 9.59 Å². The number of carbonyl (C=O) groups excluding carboxylic acids is 2. The highest BCUT2D eigenvalue weighted by molar-refractivity contribution is 5.88. The van der Waals surface area contributed by atoms with Gasteiger partial charge in [0.1, 0.15) is 11.9 Å². The molecule has 2 fully saturated rings. The lowest BCUT2D eigenvalue weighted by Gasteiger charge is -2.34. The average molecular weight is 345 g/mol. The molecule has 1 aromatic heterocycles. The Hall–Kier alpha value is -2.15. The van der Waals surface area contributed by atoms with Crippen molar-refractivity contribution >= 4 is 17.6 Å². The largest absolute Gasteiger partial charge is 0.354 e. The van der Waals surface area contributed by atoms with E-state index in [9.17, 15) is 9.59 Å². The number of pyridine rings is 1. The molecule has 0 bridgehead atoms. The number of hydrogen-bond donors (Lipinski definition) is 1. The van der Waals surface area contributed by atoms with Crippen LogP contribution in [0.1, 0.15) is 25.3 Å². The maximum Gasteiger partial charge on any atom is 0.242 e. The number of nitrogens with zero attached hydrogens (tertiary/aromatic N) is 4. The van der Waals surface area contributed by atoms with Gasteiger partial charge in [-0.1, -0.05) is 6.07 Å². The summed E-state index contributed by atoms with van der Waals surface area (Å²) in [6.45, 7) is 6.80. The summed E-state index contributed by atoms with van der Waals surface area (Å²) >= 11 is 0. The van der Waals surface area contributed by atoms with E-state index in [0.29, 0.717) is 19.5 Å². The molecule has 1 N–H and O–H groups in total. The van der Waals surface area contributed by atoms with Gasteiger partial charge in [0.2, 0.25) is 11.8 Å². The molecule has 2 saturated heterocycles. The highest BCUT2D eigenvalue weighted by Crippen LogP contribution is 2.19. The lowest BCUT2D eigenvalue weighted by molar-refractivity contribution is -0.136. The van der Waals surface area contributed by atoms with Crippen molar-refractivity contribution in [1.82, 2.24) is 20.1 Å². The number of amides is 2. The number of carbonyl (C=O) groups is 2. The highest BCUT2D eigenvalue weighted by atomic mass is 16.2. The van der Waals surface area contributed by atoms with Gasteiger partial charge in [0, 0.05) is 57.4 Å². The monoisotopic (exact) mass is 345 g/mol. The van der Waals surface area contributed by atoms with Gasteiger partial charge >= 0.3 is 0 Å². The van der Waals surface area contributed by atoms with Crippen molar-refractivity contribution in [1.29, 1.82) is 0 Å². The van der Waals surface area contributed by atoms with Crippen LogP contribution in [0.2, 0.25) is 0 Å². The molecule has 2 amide bonds. The third kappa shape index (κ3) is 4.10. The molecule has 1 aromatic rings. The highest BCUT2D eigenvalue weighted by Gasteiger charge is 2.29. The first kappa shape index (κ1) is 17.7. The topological polar surface area (TPSA) is 68.8 Å². The Morgan fingerprint density at radius 1 is 1.28 bits per heavy atom. The molecule has 25 heavy (non-hydrogen) atoms. The van der Waals surface area contributed by atoms with E-state index in [-0.39, 0.29) is 11.8 Å². The zero-order valence-corrected chi connectivity index (χ0v) is 15.1. The summed E-state index contributed by atoms with van der Waals surface area (Å²) in [5.41, 5.74) is 1.01. The SMILES string of the molecule is C[C@@H](C(=O)NCc1cccnc1N1CCN(C)CC1)N1CCCC1=O. The summed E-state index contributed by atoms with van der Waals surface area (Å²) in [5.74, 6) is 0.909. The van der Waals surface area contributed by atoms with Gasteiger partial charge in [-0.25, -0.2) is 4.98 Å². The predicted molar refractivity (Wildman–Crippen MR) is 96.2 cm³/mol. The Morgan fingerprint density at radius 2 is 2.04 bits per heavy atom. The molecule has 3 heterocycles. The Bertz CT molecular complexity index is 628. The molecule has 2 aliphatic heterocycles. The zero-order valence-electron chi connectivity index (χ0n) is 15.1. The van der Waals surface area contributed by atoms with Crippen molar-refractivity contribution < 1.29 is 9.59 Å². The maximum absolute atomic E-state index is 12.4. The van der Waals surface area contributed by atoms with Crippen LogP contribution in [0.3, 0.4) is 0 Å². The molecule has 2 aliphatic rings. The van der Waals surface area contributed by atoms with Crippen LogP contribution >= 0.6 is 0 Å². The number of hydrogen-bond acceptors (Lipinski definition) is 5. The fourth-order valence-electron chi connectivity index (χ4n) is 3.42. The number of rotatable bonds is 5. The van der Waals surface area contributed by atoms with Gasteiger partial charge in [-0.2, -0.15) is 0 Å². The first-order valence-corrected chi connectivity index (χ1v) is 9.01. The van der Waals surface area contributed by atoms with Crippen LogP contribution in [-0.4, -0.2) is 72.4 Å². The summed E-state index contributed by atoms with van der Waals surface area (Å²) in [4.78, 5) is 35.0. The van der Waals surface area contributed by atoms with Gasteiger partial charge in [0.05, 0.1) is 0 Å². The molecule has 1 atom stereocenters. The second kappa shape index (κ2) is 7.82. The third-order valence-corrected chi connectivity index (χ3v) is 5.08. The van der Waals surface area contributed by atoms with Gasteiger partial charge < -0.3 is 20.0 Å². The van der Waals surface area contributed by atoms with Crippen molar-refractivity contribution in [3.8, 4) is 0 Å². The summed E-state index contributed by atoms with van der Waals surface area (Å²) in [5, 5.41) is 2.97. The first-order chi connectivity index (χ1) is 12.1. The van der Waals surface area contributed by atoms with Gasteiger partial charge in [-0.15, -0.1) is 0 Å². The van der Waals surface area contributed by atoms with E-state index >= 15 is 0 Å². The fourth-order valence-corrected chi connectivity index (χ4v) is 3.42. The van der Waals surface area contributed by atoms with Crippen LogP contribution in [0.5, 0.6) is 0 Å². The lowest BCUT2D eigenvalue weighted by Crippen LogP contribution is -2.46. The van der Waals surface area contributed by atoms with Gasteiger partial charge in [-0.05, 0) is 26.5 Å². The number of piperazine rings is 1. The minimum absolute atomic E-state index is 0.0714. The molecule has 7 nitrogen and oxygen atoms in total. The van der Waals surface area contributed by atoms with Crippen molar-refractivity contribution in [2.45, 2.75) is 32.4 Å². The second-order valence-corrected chi connectivity index (χ2v) is 6.86. The summed E-state index contributed by atoms with van der Waals surface area (Å²) in [6, 6.07) is 3.49. The smallest absolute Gasteiger partial charge is 0.242 e. The van der Waals surface area contributed by atoms with E-state index < -0.39 is 6.04 Å².